The number of hydrogen-bond donors (Lipinski definition) is 1. The maximum Gasteiger partial charge on any atom is 0.161 e. The molecule has 2 fully saturated rings. The van der Waals surface area contributed by atoms with Gasteiger partial charge < -0.3 is 5.11 Å². The largest absolute Gasteiger partial charge is 0.384 e. The molecule has 0 saturated heterocycles. The van der Waals surface area contributed by atoms with Crippen LogP contribution in [-0.4, -0.2) is 16.5 Å². The first-order chi connectivity index (χ1) is 10.1. The van der Waals surface area contributed by atoms with Crippen LogP contribution in [0.4, 0.5) is 0 Å². The summed E-state index contributed by atoms with van der Waals surface area (Å²) in [6, 6.07) is 0. The van der Waals surface area contributed by atoms with Crippen LogP contribution in [0.25, 0.3) is 0 Å². The van der Waals surface area contributed by atoms with Crippen molar-refractivity contribution in [2.75, 3.05) is 0 Å². The number of allylic oxidation sites excluding steroid dienone is 2. The Labute approximate surface area is 134 Å². The molecule has 0 aromatic heterocycles. The lowest BCUT2D eigenvalue weighted by Crippen LogP contribution is -2.63. The Bertz CT molecular complexity index is 558. The van der Waals surface area contributed by atoms with E-state index in [0.29, 0.717) is 18.4 Å². The Morgan fingerprint density at radius 1 is 1.18 bits per heavy atom. The zero-order valence-corrected chi connectivity index (χ0v) is 14.5. The van der Waals surface area contributed by atoms with Gasteiger partial charge in [0.1, 0.15) is 0 Å². The lowest BCUT2D eigenvalue weighted by molar-refractivity contribution is -0.171. The SMILES string of the molecule is C=C[C@]1(C)C=C2C(=O)C[C@H]3C(C)(C)CCC[C@]3(C)[C@@]2(O)CC1. The van der Waals surface area contributed by atoms with Gasteiger partial charge in [-0.3, -0.25) is 4.79 Å². The Morgan fingerprint density at radius 2 is 1.86 bits per heavy atom. The fourth-order valence-electron chi connectivity index (χ4n) is 5.59. The van der Waals surface area contributed by atoms with Gasteiger partial charge in [-0.1, -0.05) is 46.3 Å². The summed E-state index contributed by atoms with van der Waals surface area (Å²) < 4.78 is 0. The molecule has 22 heavy (non-hydrogen) atoms. The van der Waals surface area contributed by atoms with Crippen molar-refractivity contribution in [3.05, 3.63) is 24.3 Å². The van der Waals surface area contributed by atoms with E-state index in [4.69, 9.17) is 0 Å². The molecule has 2 saturated carbocycles. The van der Waals surface area contributed by atoms with E-state index in [1.165, 1.54) is 0 Å². The molecule has 122 valence electrons. The van der Waals surface area contributed by atoms with Crippen LogP contribution >= 0.6 is 0 Å². The molecule has 0 amide bonds. The third-order valence-corrected chi connectivity index (χ3v) is 7.28. The first kappa shape index (κ1) is 16.0. The van der Waals surface area contributed by atoms with Crippen LogP contribution in [-0.2, 0) is 4.79 Å². The van der Waals surface area contributed by atoms with Gasteiger partial charge in [-0.05, 0) is 37.0 Å². The number of hydrogen-bond acceptors (Lipinski definition) is 2. The second kappa shape index (κ2) is 4.56. The number of carbonyl (C=O) groups excluding carboxylic acids is 1. The Balaban J connectivity index is 2.14. The fraction of sp³-hybridized carbons (Fsp3) is 0.750. The molecular formula is C20H30O2. The topological polar surface area (TPSA) is 37.3 Å². The van der Waals surface area contributed by atoms with E-state index >= 15 is 0 Å². The summed E-state index contributed by atoms with van der Waals surface area (Å²) in [4.78, 5) is 12.9. The minimum Gasteiger partial charge on any atom is -0.384 e. The molecule has 1 N–H and O–H groups in total. The molecule has 4 atom stereocenters. The summed E-state index contributed by atoms with van der Waals surface area (Å²) in [5.41, 5.74) is -0.490. The average molecular weight is 302 g/mol. The molecule has 0 spiro atoms. The third-order valence-electron chi connectivity index (χ3n) is 7.28. The maximum atomic E-state index is 12.9. The minimum atomic E-state index is -0.951. The number of Topliss-reactive ketones (excluding diaryl/α,β-unsaturated/α-hetero) is 1. The van der Waals surface area contributed by atoms with Gasteiger partial charge in [-0.2, -0.15) is 0 Å². The highest BCUT2D eigenvalue weighted by Gasteiger charge is 2.63. The van der Waals surface area contributed by atoms with Gasteiger partial charge >= 0.3 is 0 Å². The van der Waals surface area contributed by atoms with Crippen LogP contribution in [0.1, 0.15) is 66.2 Å². The first-order valence-corrected chi connectivity index (χ1v) is 8.71. The van der Waals surface area contributed by atoms with E-state index < -0.39 is 5.60 Å². The smallest absolute Gasteiger partial charge is 0.161 e. The van der Waals surface area contributed by atoms with E-state index in [9.17, 15) is 9.90 Å². The molecule has 0 heterocycles. The normalized spacial score (nSPS) is 47.2. The van der Waals surface area contributed by atoms with Crippen molar-refractivity contribution >= 4 is 5.78 Å². The summed E-state index contributed by atoms with van der Waals surface area (Å²) in [5, 5.41) is 11.7. The number of carbonyl (C=O) groups is 1. The van der Waals surface area contributed by atoms with E-state index in [1.54, 1.807) is 0 Å². The van der Waals surface area contributed by atoms with Crippen molar-refractivity contribution in [3.8, 4) is 0 Å². The monoisotopic (exact) mass is 302 g/mol. The first-order valence-electron chi connectivity index (χ1n) is 8.71. The summed E-state index contributed by atoms with van der Waals surface area (Å²) in [5.74, 6) is 0.434. The molecule has 3 rings (SSSR count). The zero-order chi connectivity index (χ0) is 16.4. The van der Waals surface area contributed by atoms with E-state index in [2.05, 4.69) is 34.3 Å². The average Bonchev–Trinajstić information content (AvgIpc) is 2.44. The molecule has 0 aromatic carbocycles. The molecule has 0 aromatic rings. The summed E-state index contributed by atoms with van der Waals surface area (Å²) in [6.07, 6.45) is 9.39. The number of fused-ring (bicyclic) bond motifs is 3. The Morgan fingerprint density at radius 3 is 2.50 bits per heavy atom. The van der Waals surface area contributed by atoms with Crippen molar-refractivity contribution in [1.29, 1.82) is 0 Å². The van der Waals surface area contributed by atoms with Gasteiger partial charge in [0.15, 0.2) is 5.78 Å². The molecule has 0 radical (unpaired) electrons. The minimum absolute atomic E-state index is 0.128. The van der Waals surface area contributed by atoms with Gasteiger partial charge in [0.05, 0.1) is 5.60 Å². The maximum absolute atomic E-state index is 12.9. The highest BCUT2D eigenvalue weighted by molar-refractivity contribution is 5.99. The third kappa shape index (κ3) is 1.92. The molecule has 0 unspecified atom stereocenters. The fourth-order valence-corrected chi connectivity index (χ4v) is 5.59. The summed E-state index contributed by atoms with van der Waals surface area (Å²) >= 11 is 0. The van der Waals surface area contributed by atoms with Crippen LogP contribution < -0.4 is 0 Å². The van der Waals surface area contributed by atoms with Gasteiger partial charge in [0.2, 0.25) is 0 Å². The molecule has 2 heteroatoms. The Hall–Kier alpha value is -0.890. The van der Waals surface area contributed by atoms with E-state index in [1.807, 2.05) is 12.2 Å². The highest BCUT2D eigenvalue weighted by atomic mass is 16.3. The predicted molar refractivity (Wildman–Crippen MR) is 89.4 cm³/mol. The molecule has 3 aliphatic carbocycles. The van der Waals surface area contributed by atoms with Crippen LogP contribution in [0.5, 0.6) is 0 Å². The molecule has 0 bridgehead atoms. The zero-order valence-electron chi connectivity index (χ0n) is 14.5. The van der Waals surface area contributed by atoms with Gasteiger partial charge in [0.25, 0.3) is 0 Å². The summed E-state index contributed by atoms with van der Waals surface area (Å²) in [7, 11) is 0. The van der Waals surface area contributed by atoms with Crippen molar-refractivity contribution in [2.24, 2.45) is 22.2 Å². The van der Waals surface area contributed by atoms with Gasteiger partial charge in [-0.15, -0.1) is 6.58 Å². The second-order valence-corrected chi connectivity index (χ2v) is 9.07. The van der Waals surface area contributed by atoms with Crippen LogP contribution in [0, 0.1) is 22.2 Å². The van der Waals surface area contributed by atoms with Crippen LogP contribution in [0.15, 0.2) is 24.3 Å². The second-order valence-electron chi connectivity index (χ2n) is 9.07. The number of ketones is 1. The Kier molecular flexibility index (Phi) is 3.32. The molecular weight excluding hydrogens is 272 g/mol. The number of aliphatic hydroxyl groups is 1. The van der Waals surface area contributed by atoms with E-state index in [-0.39, 0.29) is 27.9 Å². The van der Waals surface area contributed by atoms with Gasteiger partial charge in [0, 0.05) is 22.8 Å². The molecule has 0 aliphatic heterocycles. The van der Waals surface area contributed by atoms with Crippen molar-refractivity contribution in [2.45, 2.75) is 71.8 Å². The number of rotatable bonds is 1. The van der Waals surface area contributed by atoms with Crippen molar-refractivity contribution < 1.29 is 9.90 Å². The molecule has 3 aliphatic rings. The van der Waals surface area contributed by atoms with Crippen LogP contribution in [0.2, 0.25) is 0 Å². The van der Waals surface area contributed by atoms with E-state index in [0.717, 1.165) is 25.7 Å². The lowest BCUT2D eigenvalue weighted by Gasteiger charge is -2.62. The predicted octanol–water partition coefficient (Wildman–Crippen LogP) is 4.44. The lowest BCUT2D eigenvalue weighted by atomic mass is 9.43. The standard InChI is InChI=1S/C20H30O2/c1-6-18(4)10-11-20(22)14(13-18)15(21)12-16-17(2,3)8-7-9-19(16,20)5/h6,13,16,22H,1,7-12H2,2-5H3/t16-,18-,19-,20+/m0/s1. The quantitative estimate of drug-likeness (QED) is 0.727. The summed E-state index contributed by atoms with van der Waals surface area (Å²) in [6.45, 7) is 12.8. The van der Waals surface area contributed by atoms with Gasteiger partial charge in [-0.25, -0.2) is 0 Å². The van der Waals surface area contributed by atoms with Crippen molar-refractivity contribution in [3.63, 3.8) is 0 Å². The van der Waals surface area contributed by atoms with Crippen LogP contribution in [0.3, 0.4) is 0 Å². The van der Waals surface area contributed by atoms with Crippen molar-refractivity contribution in [1.82, 2.24) is 0 Å². The highest BCUT2D eigenvalue weighted by Crippen LogP contribution is 2.64. The molecule has 2 nitrogen and oxygen atoms in total.